The number of methoxy groups -OCH3 is 1. The number of piperazine rings is 1. The molecule has 3 atom stereocenters. The summed E-state index contributed by atoms with van der Waals surface area (Å²) >= 11 is 0. The van der Waals surface area contributed by atoms with Crippen molar-refractivity contribution in [3.63, 3.8) is 0 Å². The molecule has 12 heavy (non-hydrogen) atoms. The van der Waals surface area contributed by atoms with Crippen LogP contribution in [0.3, 0.4) is 0 Å². The zero-order valence-electron chi connectivity index (χ0n) is 7.17. The monoisotopic (exact) mass is 170 g/mol. The van der Waals surface area contributed by atoms with E-state index in [2.05, 4.69) is 10.6 Å². The Kier molecular flexibility index (Phi) is 2.02. The lowest BCUT2D eigenvalue weighted by Crippen LogP contribution is -2.59. The minimum absolute atomic E-state index is 0.131. The summed E-state index contributed by atoms with van der Waals surface area (Å²) < 4.78 is 4.70. The Labute approximate surface area is 71.7 Å². The summed E-state index contributed by atoms with van der Waals surface area (Å²) in [4.78, 5) is 11.2. The number of nitrogens with one attached hydrogen (secondary N) is 2. The molecule has 0 aliphatic carbocycles. The number of fused-ring (bicyclic) bond motifs is 2. The SMILES string of the molecule is COC(=O)[C@@H]1NC[C@@H]2CC[C@H]1N2. The first-order valence-corrected chi connectivity index (χ1v) is 4.38. The molecule has 0 amide bonds. The van der Waals surface area contributed by atoms with Gasteiger partial charge in [0.05, 0.1) is 7.11 Å². The van der Waals surface area contributed by atoms with E-state index >= 15 is 0 Å². The number of ether oxygens (including phenoxy) is 1. The quantitative estimate of drug-likeness (QED) is 0.508. The van der Waals surface area contributed by atoms with E-state index in [-0.39, 0.29) is 18.1 Å². The zero-order valence-corrected chi connectivity index (χ0v) is 7.17. The summed E-state index contributed by atoms with van der Waals surface area (Å²) in [5, 5.41) is 6.59. The predicted octanol–water partition coefficient (Wildman–Crippen LogP) is -0.748. The average molecular weight is 170 g/mol. The molecule has 0 aromatic heterocycles. The molecule has 68 valence electrons. The first-order chi connectivity index (χ1) is 5.81. The van der Waals surface area contributed by atoms with Gasteiger partial charge < -0.3 is 15.4 Å². The maximum atomic E-state index is 11.2. The van der Waals surface area contributed by atoms with E-state index in [9.17, 15) is 4.79 Å². The lowest BCUT2D eigenvalue weighted by molar-refractivity contribution is -0.144. The van der Waals surface area contributed by atoms with Crippen molar-refractivity contribution in [2.45, 2.75) is 31.0 Å². The molecular weight excluding hydrogens is 156 g/mol. The standard InChI is InChI=1S/C8H14N2O2/c1-12-8(11)7-6-3-2-5(10-6)4-9-7/h5-7,9-10H,2-4H2,1H3/t5-,6+,7+/m0/s1. The predicted molar refractivity (Wildman–Crippen MR) is 43.8 cm³/mol. The highest BCUT2D eigenvalue weighted by molar-refractivity contribution is 5.77. The van der Waals surface area contributed by atoms with Gasteiger partial charge in [0.1, 0.15) is 6.04 Å². The minimum atomic E-state index is -0.146. The van der Waals surface area contributed by atoms with Crippen molar-refractivity contribution in [1.29, 1.82) is 0 Å². The second-order valence-corrected chi connectivity index (χ2v) is 3.46. The molecule has 2 rings (SSSR count). The summed E-state index contributed by atoms with van der Waals surface area (Å²) in [6, 6.07) is 0.723. The van der Waals surface area contributed by atoms with Crippen molar-refractivity contribution in [3.05, 3.63) is 0 Å². The Balaban J connectivity index is 2.02. The van der Waals surface area contributed by atoms with Gasteiger partial charge in [0, 0.05) is 18.6 Å². The molecule has 2 bridgehead atoms. The number of hydrogen-bond donors (Lipinski definition) is 2. The second kappa shape index (κ2) is 3.03. The third-order valence-corrected chi connectivity index (χ3v) is 2.72. The Morgan fingerprint density at radius 2 is 2.33 bits per heavy atom. The van der Waals surface area contributed by atoms with Gasteiger partial charge in [-0.1, -0.05) is 0 Å². The Hall–Kier alpha value is -0.610. The van der Waals surface area contributed by atoms with Crippen LogP contribution in [0, 0.1) is 0 Å². The van der Waals surface area contributed by atoms with Gasteiger partial charge in [-0.25, -0.2) is 0 Å². The summed E-state index contributed by atoms with van der Waals surface area (Å²) in [6.45, 7) is 0.885. The first-order valence-electron chi connectivity index (χ1n) is 4.38. The van der Waals surface area contributed by atoms with Crippen molar-refractivity contribution in [2.75, 3.05) is 13.7 Å². The Morgan fingerprint density at radius 3 is 3.08 bits per heavy atom. The molecule has 0 aromatic carbocycles. The van der Waals surface area contributed by atoms with Crippen LogP contribution in [0.2, 0.25) is 0 Å². The molecule has 0 saturated carbocycles. The number of hydrogen-bond acceptors (Lipinski definition) is 4. The van der Waals surface area contributed by atoms with Gasteiger partial charge in [-0.15, -0.1) is 0 Å². The molecule has 4 nitrogen and oxygen atoms in total. The van der Waals surface area contributed by atoms with Crippen LogP contribution in [-0.2, 0) is 9.53 Å². The zero-order chi connectivity index (χ0) is 8.55. The molecule has 0 radical (unpaired) electrons. The van der Waals surface area contributed by atoms with Crippen molar-refractivity contribution in [2.24, 2.45) is 0 Å². The highest BCUT2D eigenvalue weighted by Crippen LogP contribution is 2.19. The Bertz CT molecular complexity index is 195. The molecule has 0 aromatic rings. The molecule has 0 unspecified atom stereocenters. The summed E-state index contributed by atoms with van der Waals surface area (Å²) in [7, 11) is 1.44. The van der Waals surface area contributed by atoms with Crippen molar-refractivity contribution in [3.8, 4) is 0 Å². The molecule has 2 heterocycles. The lowest BCUT2D eigenvalue weighted by Gasteiger charge is -2.29. The smallest absolute Gasteiger partial charge is 0.324 e. The first kappa shape index (κ1) is 8.01. The fourth-order valence-corrected chi connectivity index (χ4v) is 2.06. The van der Waals surface area contributed by atoms with Crippen LogP contribution in [0.1, 0.15) is 12.8 Å². The van der Waals surface area contributed by atoms with E-state index in [1.165, 1.54) is 13.5 Å². The van der Waals surface area contributed by atoms with Crippen molar-refractivity contribution >= 4 is 5.97 Å². The molecule has 2 saturated heterocycles. The normalized spacial score (nSPS) is 39.6. The maximum Gasteiger partial charge on any atom is 0.324 e. The third kappa shape index (κ3) is 1.21. The highest BCUT2D eigenvalue weighted by atomic mass is 16.5. The van der Waals surface area contributed by atoms with Crippen LogP contribution in [0.5, 0.6) is 0 Å². The summed E-state index contributed by atoms with van der Waals surface area (Å²) in [5.74, 6) is -0.146. The maximum absolute atomic E-state index is 11.2. The van der Waals surface area contributed by atoms with Gasteiger partial charge in [0.2, 0.25) is 0 Å². The minimum Gasteiger partial charge on any atom is -0.468 e. The van der Waals surface area contributed by atoms with Gasteiger partial charge in [-0.05, 0) is 12.8 Å². The lowest BCUT2D eigenvalue weighted by atomic mass is 10.1. The van der Waals surface area contributed by atoms with Crippen molar-refractivity contribution in [1.82, 2.24) is 10.6 Å². The van der Waals surface area contributed by atoms with E-state index in [0.29, 0.717) is 6.04 Å². The van der Waals surface area contributed by atoms with Crippen LogP contribution >= 0.6 is 0 Å². The molecule has 2 aliphatic rings. The highest BCUT2D eigenvalue weighted by Gasteiger charge is 2.39. The number of carbonyl (C=O) groups excluding carboxylic acids is 1. The molecule has 2 fully saturated rings. The largest absolute Gasteiger partial charge is 0.468 e. The Morgan fingerprint density at radius 1 is 1.50 bits per heavy atom. The van der Waals surface area contributed by atoms with Crippen molar-refractivity contribution < 1.29 is 9.53 Å². The van der Waals surface area contributed by atoms with E-state index in [0.717, 1.165) is 13.0 Å². The van der Waals surface area contributed by atoms with Gasteiger partial charge in [-0.3, -0.25) is 4.79 Å². The van der Waals surface area contributed by atoms with E-state index < -0.39 is 0 Å². The van der Waals surface area contributed by atoms with Crippen LogP contribution in [0.25, 0.3) is 0 Å². The number of esters is 1. The van der Waals surface area contributed by atoms with Crippen LogP contribution in [0.4, 0.5) is 0 Å². The fourth-order valence-electron chi connectivity index (χ4n) is 2.06. The third-order valence-electron chi connectivity index (χ3n) is 2.72. The van der Waals surface area contributed by atoms with E-state index in [1.54, 1.807) is 0 Å². The summed E-state index contributed by atoms with van der Waals surface area (Å²) in [5.41, 5.74) is 0. The van der Waals surface area contributed by atoms with Gasteiger partial charge in [0.25, 0.3) is 0 Å². The number of rotatable bonds is 1. The molecule has 2 N–H and O–H groups in total. The van der Waals surface area contributed by atoms with Crippen LogP contribution in [0.15, 0.2) is 0 Å². The average Bonchev–Trinajstić information content (AvgIpc) is 2.47. The van der Waals surface area contributed by atoms with E-state index in [4.69, 9.17) is 4.74 Å². The second-order valence-electron chi connectivity index (χ2n) is 3.46. The molecule has 0 spiro atoms. The van der Waals surface area contributed by atoms with Gasteiger partial charge in [-0.2, -0.15) is 0 Å². The van der Waals surface area contributed by atoms with E-state index in [1.807, 2.05) is 0 Å². The fraction of sp³-hybridized carbons (Fsp3) is 0.875. The molecular formula is C8H14N2O2. The topological polar surface area (TPSA) is 50.4 Å². The summed E-state index contributed by atoms with van der Waals surface area (Å²) in [6.07, 6.45) is 2.25. The molecule has 4 heteroatoms. The van der Waals surface area contributed by atoms with Crippen LogP contribution in [-0.4, -0.2) is 37.7 Å². The van der Waals surface area contributed by atoms with Crippen LogP contribution < -0.4 is 10.6 Å². The van der Waals surface area contributed by atoms with Gasteiger partial charge >= 0.3 is 5.97 Å². The van der Waals surface area contributed by atoms with Gasteiger partial charge in [0.15, 0.2) is 0 Å². The number of carbonyl (C=O) groups is 1. The molecule has 2 aliphatic heterocycles.